The van der Waals surface area contributed by atoms with Gasteiger partial charge in [-0.1, -0.05) is 0 Å². The number of nitrogens with zero attached hydrogens (tertiary/aromatic N) is 1. The van der Waals surface area contributed by atoms with Gasteiger partial charge in [0.2, 0.25) is 0 Å². The lowest BCUT2D eigenvalue weighted by molar-refractivity contribution is 0.00965. The van der Waals surface area contributed by atoms with E-state index in [1.807, 2.05) is 37.8 Å². The molecule has 0 aromatic carbocycles. The van der Waals surface area contributed by atoms with Crippen molar-refractivity contribution in [1.82, 2.24) is 10.2 Å². The van der Waals surface area contributed by atoms with E-state index in [0.29, 0.717) is 0 Å². The van der Waals surface area contributed by atoms with Crippen LogP contribution in [0.3, 0.4) is 0 Å². The molecule has 1 N–H and O–H groups in total. The topological polar surface area (TPSA) is 54.7 Å². The predicted molar refractivity (Wildman–Crippen MR) is 85.7 cm³/mol. The van der Waals surface area contributed by atoms with Crippen molar-refractivity contribution in [3.05, 3.63) is 24.2 Å². The van der Waals surface area contributed by atoms with Crippen molar-refractivity contribution in [3.63, 3.8) is 0 Å². The Bertz CT molecular complexity index is 465. The Morgan fingerprint density at radius 3 is 2.91 bits per heavy atom. The van der Waals surface area contributed by atoms with Gasteiger partial charge in [-0.3, -0.25) is 0 Å². The van der Waals surface area contributed by atoms with Crippen molar-refractivity contribution in [1.29, 1.82) is 0 Å². The average Bonchev–Trinajstić information content (AvgIpc) is 2.97. The van der Waals surface area contributed by atoms with Gasteiger partial charge in [0.05, 0.1) is 12.3 Å². The number of hydrogen-bond acceptors (Lipinski definition) is 4. The number of amides is 1. The second-order valence-electron chi connectivity index (χ2n) is 6.97. The molecule has 5 heteroatoms. The molecule has 0 saturated carbocycles. The van der Waals surface area contributed by atoms with Gasteiger partial charge >= 0.3 is 6.09 Å². The maximum absolute atomic E-state index is 12.4. The first-order valence-electron chi connectivity index (χ1n) is 8.13. The highest BCUT2D eigenvalue weighted by Gasteiger charge is 2.30. The third kappa shape index (κ3) is 4.77. The minimum absolute atomic E-state index is 0.136. The molecule has 1 aliphatic heterocycles. The van der Waals surface area contributed by atoms with Crippen LogP contribution in [0.1, 0.15) is 58.8 Å². The fourth-order valence-electron chi connectivity index (χ4n) is 2.72. The van der Waals surface area contributed by atoms with Crippen LogP contribution in [0.5, 0.6) is 0 Å². The molecule has 1 aromatic rings. The maximum atomic E-state index is 12.4. The normalized spacial score (nSPS) is 20.7. The Kier molecular flexibility index (Phi) is 5.51. The van der Waals surface area contributed by atoms with Gasteiger partial charge < -0.3 is 19.4 Å². The van der Waals surface area contributed by atoms with Gasteiger partial charge in [-0.2, -0.15) is 0 Å². The lowest BCUT2D eigenvalue weighted by atomic mass is 10.0. The molecule has 0 bridgehead atoms. The molecule has 1 saturated heterocycles. The van der Waals surface area contributed by atoms with E-state index in [0.717, 1.165) is 38.1 Å². The molecular formula is C17H28N2O3. The zero-order chi connectivity index (χ0) is 16.2. The number of furan rings is 1. The van der Waals surface area contributed by atoms with Gasteiger partial charge in [-0.25, -0.2) is 4.79 Å². The highest BCUT2D eigenvalue weighted by atomic mass is 16.6. The molecule has 2 rings (SSSR count). The molecule has 1 amide bonds. The highest BCUT2D eigenvalue weighted by molar-refractivity contribution is 5.68. The van der Waals surface area contributed by atoms with Crippen molar-refractivity contribution in [2.24, 2.45) is 0 Å². The molecule has 0 aliphatic carbocycles. The van der Waals surface area contributed by atoms with E-state index in [4.69, 9.17) is 9.15 Å². The van der Waals surface area contributed by atoms with E-state index in [-0.39, 0.29) is 18.2 Å². The Labute approximate surface area is 133 Å². The summed E-state index contributed by atoms with van der Waals surface area (Å²) in [5.41, 5.74) is -0.450. The third-order valence-corrected chi connectivity index (χ3v) is 3.88. The zero-order valence-corrected chi connectivity index (χ0v) is 14.1. The van der Waals surface area contributed by atoms with E-state index >= 15 is 0 Å². The number of rotatable bonds is 4. The summed E-state index contributed by atoms with van der Waals surface area (Å²) in [6, 6.07) is 4.17. The van der Waals surface area contributed by atoms with Crippen molar-refractivity contribution in [3.8, 4) is 0 Å². The second kappa shape index (κ2) is 7.18. The molecule has 2 unspecified atom stereocenters. The van der Waals surface area contributed by atoms with E-state index in [2.05, 4.69) is 12.2 Å². The SMILES string of the molecule is CC(NCC1CCCCN1C(=O)OC(C)(C)C)c1ccco1. The van der Waals surface area contributed by atoms with Gasteiger partial charge in [-0.15, -0.1) is 0 Å². The number of hydrogen-bond donors (Lipinski definition) is 1. The predicted octanol–water partition coefficient (Wildman–Crippen LogP) is 3.72. The average molecular weight is 308 g/mol. The van der Waals surface area contributed by atoms with Crippen LogP contribution in [-0.2, 0) is 4.74 Å². The molecular weight excluding hydrogens is 280 g/mol. The van der Waals surface area contributed by atoms with Crippen LogP contribution < -0.4 is 5.32 Å². The fourth-order valence-corrected chi connectivity index (χ4v) is 2.72. The van der Waals surface area contributed by atoms with Crippen LogP contribution in [0.15, 0.2) is 22.8 Å². The zero-order valence-electron chi connectivity index (χ0n) is 14.1. The summed E-state index contributed by atoms with van der Waals surface area (Å²) in [6.07, 6.45) is 4.69. The van der Waals surface area contributed by atoms with Crippen LogP contribution in [-0.4, -0.2) is 35.7 Å². The van der Waals surface area contributed by atoms with Crippen molar-refractivity contribution in [2.75, 3.05) is 13.1 Å². The van der Waals surface area contributed by atoms with E-state index in [9.17, 15) is 4.79 Å². The number of carbonyl (C=O) groups excluding carboxylic acids is 1. The Morgan fingerprint density at radius 1 is 1.50 bits per heavy atom. The number of nitrogens with one attached hydrogen (secondary N) is 1. The van der Waals surface area contributed by atoms with Crippen molar-refractivity contribution < 1.29 is 13.9 Å². The minimum Gasteiger partial charge on any atom is -0.468 e. The molecule has 0 spiro atoms. The van der Waals surface area contributed by atoms with Gasteiger partial charge in [0, 0.05) is 19.1 Å². The molecule has 0 radical (unpaired) electrons. The lowest BCUT2D eigenvalue weighted by Crippen LogP contribution is -2.50. The van der Waals surface area contributed by atoms with E-state index in [1.54, 1.807) is 6.26 Å². The van der Waals surface area contributed by atoms with Gasteiger partial charge in [0.15, 0.2) is 0 Å². The number of piperidine rings is 1. The maximum Gasteiger partial charge on any atom is 0.410 e. The molecule has 124 valence electrons. The first kappa shape index (κ1) is 16.9. The summed E-state index contributed by atoms with van der Waals surface area (Å²) in [6.45, 7) is 9.31. The van der Waals surface area contributed by atoms with Crippen molar-refractivity contribution >= 4 is 6.09 Å². The molecule has 1 fully saturated rings. The molecule has 2 atom stereocenters. The molecule has 1 aromatic heterocycles. The summed E-state index contributed by atoms with van der Waals surface area (Å²) in [7, 11) is 0. The highest BCUT2D eigenvalue weighted by Crippen LogP contribution is 2.21. The monoisotopic (exact) mass is 308 g/mol. The van der Waals surface area contributed by atoms with Gasteiger partial charge in [-0.05, 0) is 59.1 Å². The summed E-state index contributed by atoms with van der Waals surface area (Å²) >= 11 is 0. The Morgan fingerprint density at radius 2 is 2.27 bits per heavy atom. The van der Waals surface area contributed by atoms with E-state index in [1.165, 1.54) is 0 Å². The lowest BCUT2D eigenvalue weighted by Gasteiger charge is -2.37. The van der Waals surface area contributed by atoms with Gasteiger partial charge in [0.1, 0.15) is 11.4 Å². The van der Waals surface area contributed by atoms with Crippen LogP contribution in [0.25, 0.3) is 0 Å². The summed E-state index contributed by atoms with van der Waals surface area (Å²) in [4.78, 5) is 14.2. The Hall–Kier alpha value is -1.49. The summed E-state index contributed by atoms with van der Waals surface area (Å²) in [5, 5.41) is 3.46. The smallest absolute Gasteiger partial charge is 0.410 e. The largest absolute Gasteiger partial charge is 0.468 e. The molecule has 2 heterocycles. The number of ether oxygens (including phenoxy) is 1. The van der Waals surface area contributed by atoms with Crippen LogP contribution >= 0.6 is 0 Å². The molecule has 22 heavy (non-hydrogen) atoms. The third-order valence-electron chi connectivity index (χ3n) is 3.88. The molecule has 1 aliphatic rings. The fraction of sp³-hybridized carbons (Fsp3) is 0.706. The van der Waals surface area contributed by atoms with Crippen LogP contribution in [0.4, 0.5) is 4.79 Å². The number of carbonyl (C=O) groups is 1. The van der Waals surface area contributed by atoms with E-state index < -0.39 is 5.60 Å². The summed E-state index contributed by atoms with van der Waals surface area (Å²) < 4.78 is 10.9. The Balaban J connectivity index is 1.90. The molecule has 5 nitrogen and oxygen atoms in total. The summed E-state index contributed by atoms with van der Waals surface area (Å²) in [5.74, 6) is 0.916. The first-order chi connectivity index (χ1) is 10.4. The van der Waals surface area contributed by atoms with Gasteiger partial charge in [0.25, 0.3) is 0 Å². The standard InChI is InChI=1S/C17H28N2O3/c1-13(15-9-7-11-21-15)18-12-14-8-5-6-10-19(14)16(20)22-17(2,3)4/h7,9,11,13-14,18H,5-6,8,10,12H2,1-4H3. The quantitative estimate of drug-likeness (QED) is 0.921. The van der Waals surface area contributed by atoms with Crippen LogP contribution in [0, 0.1) is 0 Å². The minimum atomic E-state index is -0.450. The second-order valence-corrected chi connectivity index (χ2v) is 6.97. The van der Waals surface area contributed by atoms with Crippen LogP contribution in [0.2, 0.25) is 0 Å². The first-order valence-corrected chi connectivity index (χ1v) is 8.13. The number of likely N-dealkylation sites (tertiary alicyclic amines) is 1. The van der Waals surface area contributed by atoms with Crippen molar-refractivity contribution in [2.45, 2.75) is 64.6 Å².